The van der Waals surface area contributed by atoms with E-state index in [1.165, 1.54) is 38.5 Å². The highest BCUT2D eigenvalue weighted by molar-refractivity contribution is 7.80. The van der Waals surface area contributed by atoms with Crippen LogP contribution < -0.4 is 0 Å². The van der Waals surface area contributed by atoms with Gasteiger partial charge in [0.25, 0.3) is 0 Å². The second-order valence-electron chi connectivity index (χ2n) is 4.42. The molecule has 0 saturated heterocycles. The SMILES string of the molecule is CCC(C)CC1CCC(S)CC1. The predicted octanol–water partition coefficient (Wildman–Crippen LogP) is 3.91. The lowest BCUT2D eigenvalue weighted by molar-refractivity contribution is 0.298. The molecular formula is C11H22S. The Bertz CT molecular complexity index is 114. The summed E-state index contributed by atoms with van der Waals surface area (Å²) in [5.74, 6) is 1.95. The maximum atomic E-state index is 4.52. The first kappa shape index (κ1) is 10.4. The van der Waals surface area contributed by atoms with Crippen molar-refractivity contribution in [3.8, 4) is 0 Å². The van der Waals surface area contributed by atoms with E-state index < -0.39 is 0 Å². The normalized spacial score (nSPS) is 33.2. The van der Waals surface area contributed by atoms with E-state index in [-0.39, 0.29) is 0 Å². The van der Waals surface area contributed by atoms with Crippen LogP contribution in [0.4, 0.5) is 0 Å². The summed E-state index contributed by atoms with van der Waals surface area (Å²) in [4.78, 5) is 0. The molecule has 0 N–H and O–H groups in total. The van der Waals surface area contributed by atoms with Gasteiger partial charge in [-0.05, 0) is 43.9 Å². The summed E-state index contributed by atoms with van der Waals surface area (Å²) in [6.07, 6.45) is 8.36. The van der Waals surface area contributed by atoms with Crippen LogP contribution in [-0.4, -0.2) is 5.25 Å². The summed E-state index contributed by atoms with van der Waals surface area (Å²) < 4.78 is 0. The first-order valence-corrected chi connectivity index (χ1v) is 5.92. The maximum Gasteiger partial charge on any atom is 0.00170 e. The van der Waals surface area contributed by atoms with Crippen LogP contribution in [0.1, 0.15) is 52.4 Å². The van der Waals surface area contributed by atoms with Crippen molar-refractivity contribution in [3.63, 3.8) is 0 Å². The summed E-state index contributed by atoms with van der Waals surface area (Å²) in [5.41, 5.74) is 0. The van der Waals surface area contributed by atoms with Crippen molar-refractivity contribution in [3.05, 3.63) is 0 Å². The molecule has 1 heteroatoms. The predicted molar refractivity (Wildman–Crippen MR) is 58.8 cm³/mol. The molecular weight excluding hydrogens is 164 g/mol. The van der Waals surface area contributed by atoms with E-state index in [1.807, 2.05) is 0 Å². The fraction of sp³-hybridized carbons (Fsp3) is 1.00. The third kappa shape index (κ3) is 3.38. The lowest BCUT2D eigenvalue weighted by Crippen LogP contribution is -2.16. The van der Waals surface area contributed by atoms with Gasteiger partial charge in [-0.15, -0.1) is 0 Å². The van der Waals surface area contributed by atoms with Crippen LogP contribution in [0, 0.1) is 11.8 Å². The summed E-state index contributed by atoms with van der Waals surface area (Å²) >= 11 is 4.52. The number of thiol groups is 1. The van der Waals surface area contributed by atoms with Gasteiger partial charge in [-0.25, -0.2) is 0 Å². The van der Waals surface area contributed by atoms with Crippen LogP contribution >= 0.6 is 12.6 Å². The van der Waals surface area contributed by atoms with E-state index >= 15 is 0 Å². The molecule has 0 aromatic carbocycles. The highest BCUT2D eigenvalue weighted by atomic mass is 32.1. The second-order valence-corrected chi connectivity index (χ2v) is 5.15. The number of rotatable bonds is 3. The lowest BCUT2D eigenvalue weighted by atomic mass is 9.82. The van der Waals surface area contributed by atoms with E-state index in [4.69, 9.17) is 0 Å². The topological polar surface area (TPSA) is 0 Å². The van der Waals surface area contributed by atoms with Crippen LogP contribution in [0.15, 0.2) is 0 Å². The highest BCUT2D eigenvalue weighted by Crippen LogP contribution is 2.31. The van der Waals surface area contributed by atoms with E-state index in [9.17, 15) is 0 Å². The van der Waals surface area contributed by atoms with Gasteiger partial charge in [0.2, 0.25) is 0 Å². The van der Waals surface area contributed by atoms with Crippen LogP contribution in [0.25, 0.3) is 0 Å². The zero-order valence-corrected chi connectivity index (χ0v) is 9.32. The zero-order chi connectivity index (χ0) is 8.97. The summed E-state index contributed by atoms with van der Waals surface area (Å²) in [7, 11) is 0. The Morgan fingerprint density at radius 2 is 1.83 bits per heavy atom. The minimum absolute atomic E-state index is 0.707. The molecule has 0 aromatic heterocycles. The van der Waals surface area contributed by atoms with Gasteiger partial charge in [0.1, 0.15) is 0 Å². The summed E-state index contributed by atoms with van der Waals surface area (Å²) in [6.45, 7) is 4.68. The van der Waals surface area contributed by atoms with Crippen molar-refractivity contribution < 1.29 is 0 Å². The van der Waals surface area contributed by atoms with Gasteiger partial charge >= 0.3 is 0 Å². The van der Waals surface area contributed by atoms with Gasteiger partial charge in [0, 0.05) is 5.25 Å². The maximum absolute atomic E-state index is 4.52. The highest BCUT2D eigenvalue weighted by Gasteiger charge is 2.19. The minimum Gasteiger partial charge on any atom is -0.176 e. The van der Waals surface area contributed by atoms with E-state index in [0.717, 1.165) is 11.8 Å². The average molecular weight is 186 g/mol. The second kappa shape index (κ2) is 5.16. The monoisotopic (exact) mass is 186 g/mol. The van der Waals surface area contributed by atoms with Crippen LogP contribution in [0.5, 0.6) is 0 Å². The molecule has 1 aliphatic carbocycles. The van der Waals surface area contributed by atoms with Crippen LogP contribution in [0.3, 0.4) is 0 Å². The minimum atomic E-state index is 0.707. The molecule has 1 saturated carbocycles. The molecule has 1 unspecified atom stereocenters. The molecule has 0 radical (unpaired) electrons. The van der Waals surface area contributed by atoms with Gasteiger partial charge in [-0.3, -0.25) is 0 Å². The summed E-state index contributed by atoms with van der Waals surface area (Å²) in [6, 6.07) is 0. The van der Waals surface area contributed by atoms with Crippen molar-refractivity contribution in [2.24, 2.45) is 11.8 Å². The number of hydrogen-bond acceptors (Lipinski definition) is 1. The Morgan fingerprint density at radius 1 is 1.25 bits per heavy atom. The quantitative estimate of drug-likeness (QED) is 0.635. The molecule has 72 valence electrons. The average Bonchev–Trinajstić information content (AvgIpc) is 2.09. The standard InChI is InChI=1S/C11H22S/c1-3-9(2)8-10-4-6-11(12)7-5-10/h9-12H,3-8H2,1-2H3. The van der Waals surface area contributed by atoms with E-state index in [2.05, 4.69) is 26.5 Å². The third-order valence-electron chi connectivity index (χ3n) is 3.25. The van der Waals surface area contributed by atoms with E-state index in [1.54, 1.807) is 0 Å². The fourth-order valence-electron chi connectivity index (χ4n) is 2.12. The third-order valence-corrected chi connectivity index (χ3v) is 3.77. The van der Waals surface area contributed by atoms with Crippen molar-refractivity contribution in [2.75, 3.05) is 0 Å². The molecule has 0 aromatic rings. The first-order chi connectivity index (χ1) is 5.72. The van der Waals surface area contributed by atoms with Gasteiger partial charge in [-0.2, -0.15) is 12.6 Å². The molecule has 0 amide bonds. The Kier molecular flexibility index (Phi) is 4.49. The Balaban J connectivity index is 2.17. The van der Waals surface area contributed by atoms with Gasteiger partial charge in [-0.1, -0.05) is 20.3 Å². The molecule has 1 aliphatic rings. The largest absolute Gasteiger partial charge is 0.176 e. The molecule has 0 heterocycles. The van der Waals surface area contributed by atoms with Gasteiger partial charge in [0.05, 0.1) is 0 Å². The molecule has 1 atom stereocenters. The van der Waals surface area contributed by atoms with E-state index in [0.29, 0.717) is 5.25 Å². The Morgan fingerprint density at radius 3 is 2.33 bits per heavy atom. The molecule has 0 aliphatic heterocycles. The molecule has 0 spiro atoms. The molecule has 0 nitrogen and oxygen atoms in total. The first-order valence-electron chi connectivity index (χ1n) is 5.40. The number of hydrogen-bond donors (Lipinski definition) is 1. The van der Waals surface area contributed by atoms with Crippen LogP contribution in [-0.2, 0) is 0 Å². The van der Waals surface area contributed by atoms with Crippen LogP contribution in [0.2, 0.25) is 0 Å². The smallest absolute Gasteiger partial charge is 0.00170 e. The lowest BCUT2D eigenvalue weighted by Gasteiger charge is -2.27. The Hall–Kier alpha value is 0.350. The van der Waals surface area contributed by atoms with Crippen molar-refractivity contribution in [1.29, 1.82) is 0 Å². The Labute approximate surface area is 82.5 Å². The van der Waals surface area contributed by atoms with Gasteiger partial charge < -0.3 is 0 Å². The van der Waals surface area contributed by atoms with Crippen molar-refractivity contribution in [2.45, 2.75) is 57.6 Å². The fourth-order valence-corrected chi connectivity index (χ4v) is 2.41. The van der Waals surface area contributed by atoms with Crippen molar-refractivity contribution >= 4 is 12.6 Å². The summed E-state index contributed by atoms with van der Waals surface area (Å²) in [5, 5.41) is 0.707. The molecule has 1 fully saturated rings. The van der Waals surface area contributed by atoms with Gasteiger partial charge in [0.15, 0.2) is 0 Å². The van der Waals surface area contributed by atoms with Crippen molar-refractivity contribution in [1.82, 2.24) is 0 Å². The zero-order valence-electron chi connectivity index (χ0n) is 8.42. The molecule has 0 bridgehead atoms. The molecule has 1 rings (SSSR count). The molecule has 12 heavy (non-hydrogen) atoms.